The monoisotopic (exact) mass is 420 g/mol. The van der Waals surface area contributed by atoms with Gasteiger partial charge in [0.1, 0.15) is 0 Å². The summed E-state index contributed by atoms with van der Waals surface area (Å²) < 4.78 is 7.38. The van der Waals surface area contributed by atoms with Gasteiger partial charge in [0.2, 0.25) is 5.91 Å². The van der Waals surface area contributed by atoms with Crippen molar-refractivity contribution in [1.82, 2.24) is 30.4 Å². The van der Waals surface area contributed by atoms with Gasteiger partial charge in [-0.3, -0.25) is 15.1 Å². The molecule has 2 aromatic heterocycles. The van der Waals surface area contributed by atoms with E-state index >= 15 is 0 Å². The van der Waals surface area contributed by atoms with Crippen LogP contribution >= 0.6 is 11.8 Å². The number of thioether (sulfide) groups is 1. The number of hydrogen-bond acceptors (Lipinski definition) is 7. The number of hydrogen-bond donors (Lipinski definition) is 2. The molecule has 0 aliphatic rings. The first kappa shape index (κ1) is 22.8. The lowest BCUT2D eigenvalue weighted by molar-refractivity contribution is -0.117. The van der Waals surface area contributed by atoms with Gasteiger partial charge in [-0.2, -0.15) is 0 Å². The van der Waals surface area contributed by atoms with E-state index < -0.39 is 6.03 Å². The summed E-state index contributed by atoms with van der Waals surface area (Å²) in [6.45, 7) is 7.75. The maximum atomic E-state index is 12.1. The standard InChI is InChI=1S/C19H28N6O3S/c1-4-14(3)21-18(27)22-16(26)13-29-19-24-23-17(15-7-9-20-10-8-15)25(19)11-6-12-28-5-2/h7-10,14H,4-6,11-13H2,1-3H3,(H2,21,22,26,27)/t14-/m0/s1. The number of carbonyl (C=O) groups is 2. The Labute approximate surface area is 175 Å². The molecule has 0 unspecified atom stereocenters. The number of ether oxygens (including phenoxy) is 1. The molecule has 0 fully saturated rings. The maximum absolute atomic E-state index is 12.1. The zero-order valence-electron chi connectivity index (χ0n) is 17.1. The van der Waals surface area contributed by atoms with Gasteiger partial charge in [-0.15, -0.1) is 10.2 Å². The average molecular weight is 421 g/mol. The van der Waals surface area contributed by atoms with Gasteiger partial charge in [-0.05, 0) is 38.8 Å². The lowest BCUT2D eigenvalue weighted by Crippen LogP contribution is -2.43. The smallest absolute Gasteiger partial charge is 0.321 e. The first-order valence-electron chi connectivity index (χ1n) is 9.69. The quantitative estimate of drug-likeness (QED) is 0.424. The molecule has 0 saturated carbocycles. The molecule has 2 heterocycles. The van der Waals surface area contributed by atoms with Crippen molar-refractivity contribution in [2.75, 3.05) is 19.0 Å². The zero-order chi connectivity index (χ0) is 21.1. The van der Waals surface area contributed by atoms with Crippen molar-refractivity contribution in [3.8, 4) is 11.4 Å². The molecule has 0 radical (unpaired) electrons. The maximum Gasteiger partial charge on any atom is 0.321 e. The molecule has 2 aromatic rings. The summed E-state index contributed by atoms with van der Waals surface area (Å²) in [6, 6.07) is 3.25. The Hall–Kier alpha value is -2.46. The van der Waals surface area contributed by atoms with Crippen molar-refractivity contribution in [1.29, 1.82) is 0 Å². The molecular weight excluding hydrogens is 392 g/mol. The zero-order valence-corrected chi connectivity index (χ0v) is 17.9. The number of nitrogens with one attached hydrogen (secondary N) is 2. The minimum absolute atomic E-state index is 0.00631. The van der Waals surface area contributed by atoms with E-state index in [-0.39, 0.29) is 17.7 Å². The van der Waals surface area contributed by atoms with Crippen molar-refractivity contribution in [2.24, 2.45) is 0 Å². The SMILES string of the molecule is CCOCCCn1c(SCC(=O)NC(=O)N[C@@H](C)CC)nnc1-c1ccncc1. The number of nitrogens with zero attached hydrogens (tertiary/aromatic N) is 4. The molecular formula is C19H28N6O3S. The number of rotatable bonds is 11. The molecule has 29 heavy (non-hydrogen) atoms. The molecule has 1 atom stereocenters. The van der Waals surface area contributed by atoms with Crippen LogP contribution in [0, 0.1) is 0 Å². The Kier molecular flexibility index (Phi) is 9.58. The lowest BCUT2D eigenvalue weighted by Gasteiger charge is -2.12. The highest BCUT2D eigenvalue weighted by Gasteiger charge is 2.16. The van der Waals surface area contributed by atoms with Crippen LogP contribution in [0.5, 0.6) is 0 Å². The summed E-state index contributed by atoms with van der Waals surface area (Å²) in [5.74, 6) is 0.389. The minimum atomic E-state index is -0.486. The Morgan fingerprint density at radius 1 is 1.24 bits per heavy atom. The Bertz CT molecular complexity index is 784. The van der Waals surface area contributed by atoms with Crippen LogP contribution in [0.2, 0.25) is 0 Å². The largest absolute Gasteiger partial charge is 0.382 e. The van der Waals surface area contributed by atoms with Crippen molar-refractivity contribution in [3.63, 3.8) is 0 Å². The van der Waals surface area contributed by atoms with Gasteiger partial charge in [0.05, 0.1) is 5.75 Å². The van der Waals surface area contributed by atoms with Gasteiger partial charge >= 0.3 is 6.03 Å². The molecule has 10 heteroatoms. The minimum Gasteiger partial charge on any atom is -0.382 e. The van der Waals surface area contributed by atoms with Crippen LogP contribution in [0.15, 0.2) is 29.7 Å². The van der Waals surface area contributed by atoms with Crippen molar-refractivity contribution >= 4 is 23.7 Å². The van der Waals surface area contributed by atoms with E-state index in [1.807, 2.05) is 37.5 Å². The van der Waals surface area contributed by atoms with Crippen LogP contribution < -0.4 is 10.6 Å². The molecule has 0 saturated heterocycles. The van der Waals surface area contributed by atoms with Crippen molar-refractivity contribution in [3.05, 3.63) is 24.5 Å². The first-order valence-corrected chi connectivity index (χ1v) is 10.7. The van der Waals surface area contributed by atoms with Gasteiger partial charge in [0, 0.05) is 43.8 Å². The molecule has 2 rings (SSSR count). The third-order valence-electron chi connectivity index (χ3n) is 4.11. The second-order valence-electron chi connectivity index (χ2n) is 6.36. The van der Waals surface area contributed by atoms with Gasteiger partial charge in [0.25, 0.3) is 0 Å². The normalized spacial score (nSPS) is 11.8. The summed E-state index contributed by atoms with van der Waals surface area (Å²) in [5.41, 5.74) is 0.896. The fourth-order valence-electron chi connectivity index (χ4n) is 2.44. The topological polar surface area (TPSA) is 111 Å². The Morgan fingerprint density at radius 3 is 2.69 bits per heavy atom. The van der Waals surface area contributed by atoms with E-state index in [1.54, 1.807) is 12.4 Å². The predicted molar refractivity (Wildman–Crippen MR) is 112 cm³/mol. The van der Waals surface area contributed by atoms with E-state index in [2.05, 4.69) is 25.8 Å². The third kappa shape index (κ3) is 7.47. The molecule has 0 aliphatic carbocycles. The number of pyridine rings is 1. The van der Waals surface area contributed by atoms with Crippen LogP contribution in [-0.2, 0) is 16.1 Å². The number of aromatic nitrogens is 4. The van der Waals surface area contributed by atoms with Gasteiger partial charge < -0.3 is 14.6 Å². The fourth-order valence-corrected chi connectivity index (χ4v) is 3.20. The second kappa shape index (κ2) is 12.2. The Morgan fingerprint density at radius 2 is 2.00 bits per heavy atom. The summed E-state index contributed by atoms with van der Waals surface area (Å²) >= 11 is 1.24. The number of carbonyl (C=O) groups excluding carboxylic acids is 2. The van der Waals surface area contributed by atoms with Gasteiger partial charge in [-0.1, -0.05) is 18.7 Å². The summed E-state index contributed by atoms with van der Waals surface area (Å²) in [5, 5.41) is 14.2. The molecule has 0 bridgehead atoms. The second-order valence-corrected chi connectivity index (χ2v) is 7.31. The highest BCUT2D eigenvalue weighted by atomic mass is 32.2. The van der Waals surface area contributed by atoms with Crippen LogP contribution in [0.4, 0.5) is 4.79 Å². The molecule has 0 spiro atoms. The Balaban J connectivity index is 2.02. The van der Waals surface area contributed by atoms with Crippen molar-refractivity contribution < 1.29 is 14.3 Å². The summed E-state index contributed by atoms with van der Waals surface area (Å²) in [4.78, 5) is 27.9. The van der Waals surface area contributed by atoms with Gasteiger partial charge in [-0.25, -0.2) is 4.79 Å². The van der Waals surface area contributed by atoms with E-state index in [4.69, 9.17) is 4.74 Å². The number of imide groups is 1. The third-order valence-corrected chi connectivity index (χ3v) is 5.07. The van der Waals surface area contributed by atoms with E-state index in [9.17, 15) is 9.59 Å². The first-order chi connectivity index (χ1) is 14.0. The molecule has 0 aliphatic heterocycles. The van der Waals surface area contributed by atoms with Crippen LogP contribution in [0.1, 0.15) is 33.6 Å². The molecule has 158 valence electrons. The average Bonchev–Trinajstić information content (AvgIpc) is 3.12. The van der Waals surface area contributed by atoms with Gasteiger partial charge in [0.15, 0.2) is 11.0 Å². The van der Waals surface area contributed by atoms with E-state index in [1.165, 1.54) is 11.8 Å². The summed E-state index contributed by atoms with van der Waals surface area (Å²) in [7, 11) is 0. The van der Waals surface area contributed by atoms with Crippen LogP contribution in [0.3, 0.4) is 0 Å². The lowest BCUT2D eigenvalue weighted by atomic mass is 10.2. The van der Waals surface area contributed by atoms with Crippen LogP contribution in [0.25, 0.3) is 11.4 Å². The molecule has 0 aromatic carbocycles. The van der Waals surface area contributed by atoms with Crippen LogP contribution in [-0.4, -0.2) is 56.7 Å². The molecule has 3 amide bonds. The fraction of sp³-hybridized carbons (Fsp3) is 0.526. The predicted octanol–water partition coefficient (Wildman–Crippen LogP) is 2.48. The number of amides is 3. The number of urea groups is 1. The molecule has 9 nitrogen and oxygen atoms in total. The van der Waals surface area contributed by atoms with E-state index in [0.717, 1.165) is 18.4 Å². The highest BCUT2D eigenvalue weighted by Crippen LogP contribution is 2.24. The van der Waals surface area contributed by atoms with E-state index in [0.29, 0.717) is 30.7 Å². The van der Waals surface area contributed by atoms with Crippen molar-refractivity contribution in [2.45, 2.75) is 51.4 Å². The molecule has 2 N–H and O–H groups in total. The highest BCUT2D eigenvalue weighted by molar-refractivity contribution is 7.99. The summed E-state index contributed by atoms with van der Waals surface area (Å²) in [6.07, 6.45) is 4.98.